The van der Waals surface area contributed by atoms with E-state index in [1.54, 1.807) is 0 Å². The Morgan fingerprint density at radius 2 is 2.50 bits per heavy atom. The molecular weight excluding hydrogens is 138 g/mol. The molecular formula is C5H9NO4. The monoisotopic (exact) mass is 147 g/mol. The van der Waals surface area contributed by atoms with Gasteiger partial charge in [0.25, 0.3) is 6.47 Å². The molecule has 58 valence electrons. The van der Waals surface area contributed by atoms with Crippen LogP contribution in [-0.4, -0.2) is 37.2 Å². The maximum atomic E-state index is 10.2. The molecule has 5 heteroatoms. The van der Waals surface area contributed by atoms with E-state index in [9.17, 15) is 9.59 Å². The molecule has 1 unspecified atom stereocenters. The zero-order chi connectivity index (χ0) is 7.98. The number of ether oxygens (including phenoxy) is 1. The van der Waals surface area contributed by atoms with Crippen molar-refractivity contribution in [2.24, 2.45) is 0 Å². The predicted molar refractivity (Wildman–Crippen MR) is 32.5 cm³/mol. The molecule has 0 saturated heterocycles. The van der Waals surface area contributed by atoms with Gasteiger partial charge in [-0.25, -0.2) is 0 Å². The maximum Gasteiger partial charge on any atom is 0.324 e. The van der Waals surface area contributed by atoms with Crippen LogP contribution in [0.4, 0.5) is 0 Å². The van der Waals surface area contributed by atoms with Crippen LogP contribution in [0.2, 0.25) is 0 Å². The van der Waals surface area contributed by atoms with Crippen molar-refractivity contribution in [3.8, 4) is 0 Å². The van der Waals surface area contributed by atoms with Crippen molar-refractivity contribution < 1.29 is 19.4 Å². The number of nitrogens with one attached hydrogen (secondary N) is 1. The van der Waals surface area contributed by atoms with E-state index in [2.05, 4.69) is 10.1 Å². The van der Waals surface area contributed by atoms with Crippen molar-refractivity contribution in [3.05, 3.63) is 0 Å². The molecule has 0 spiro atoms. The molecule has 0 aromatic carbocycles. The van der Waals surface area contributed by atoms with Gasteiger partial charge >= 0.3 is 5.97 Å². The van der Waals surface area contributed by atoms with Gasteiger partial charge in [-0.2, -0.15) is 0 Å². The molecule has 0 rings (SSSR count). The molecule has 0 heterocycles. The van der Waals surface area contributed by atoms with Gasteiger partial charge in [0.1, 0.15) is 12.6 Å². The van der Waals surface area contributed by atoms with E-state index >= 15 is 0 Å². The van der Waals surface area contributed by atoms with Gasteiger partial charge in [-0.05, 0) is 7.05 Å². The second-order valence-electron chi connectivity index (χ2n) is 1.61. The molecule has 0 aliphatic rings. The Balaban J connectivity index is 3.60. The van der Waals surface area contributed by atoms with E-state index in [-0.39, 0.29) is 13.1 Å². The first-order valence-electron chi connectivity index (χ1n) is 2.67. The Morgan fingerprint density at radius 3 is 2.80 bits per heavy atom. The lowest BCUT2D eigenvalue weighted by molar-refractivity contribution is -0.142. The number of aliphatic carboxylic acids is 1. The third-order valence-electron chi connectivity index (χ3n) is 0.977. The fraction of sp³-hybridized carbons (Fsp3) is 0.600. The van der Waals surface area contributed by atoms with E-state index in [0.29, 0.717) is 0 Å². The molecule has 0 bridgehead atoms. The molecule has 0 amide bonds. The first kappa shape index (κ1) is 8.90. The van der Waals surface area contributed by atoms with Gasteiger partial charge in [0.15, 0.2) is 0 Å². The minimum absolute atomic E-state index is 0.144. The van der Waals surface area contributed by atoms with E-state index in [1.165, 1.54) is 7.05 Å². The van der Waals surface area contributed by atoms with Crippen LogP contribution in [-0.2, 0) is 14.3 Å². The number of rotatable bonds is 5. The number of carbonyl (C=O) groups is 2. The fourth-order valence-corrected chi connectivity index (χ4v) is 0.414. The minimum atomic E-state index is -1.04. The number of carboxylic acid groups (broad SMARTS) is 1. The first-order valence-corrected chi connectivity index (χ1v) is 2.67. The van der Waals surface area contributed by atoms with Crippen molar-refractivity contribution in [2.75, 3.05) is 13.7 Å². The number of hydrogen-bond donors (Lipinski definition) is 2. The predicted octanol–water partition coefficient (Wildman–Crippen LogP) is -1.17. The summed E-state index contributed by atoms with van der Waals surface area (Å²) in [5.74, 6) is -1.04. The molecule has 0 fully saturated rings. The maximum absolute atomic E-state index is 10.2. The van der Waals surface area contributed by atoms with Gasteiger partial charge in [-0.3, -0.25) is 9.59 Å². The molecule has 0 aliphatic heterocycles. The third kappa shape index (κ3) is 3.03. The van der Waals surface area contributed by atoms with E-state index < -0.39 is 12.0 Å². The number of likely N-dealkylation sites (N-methyl/N-ethyl adjacent to an activating group) is 1. The molecule has 0 aromatic rings. The van der Waals surface area contributed by atoms with Crippen LogP contribution >= 0.6 is 0 Å². The Morgan fingerprint density at radius 1 is 1.90 bits per heavy atom. The lowest BCUT2D eigenvalue weighted by Crippen LogP contribution is -2.37. The van der Waals surface area contributed by atoms with Crippen molar-refractivity contribution in [1.29, 1.82) is 0 Å². The first-order chi connectivity index (χ1) is 4.72. The molecule has 2 N–H and O–H groups in total. The van der Waals surface area contributed by atoms with Gasteiger partial charge in [0, 0.05) is 0 Å². The van der Waals surface area contributed by atoms with Gasteiger partial charge < -0.3 is 15.2 Å². The van der Waals surface area contributed by atoms with Crippen LogP contribution in [0, 0.1) is 0 Å². The van der Waals surface area contributed by atoms with Crippen molar-refractivity contribution in [3.63, 3.8) is 0 Å². The SMILES string of the molecule is CNC(COC=O)C(=O)O. The number of carbonyl (C=O) groups excluding carboxylic acids is 1. The lowest BCUT2D eigenvalue weighted by Gasteiger charge is -2.07. The quantitative estimate of drug-likeness (QED) is 0.479. The third-order valence-corrected chi connectivity index (χ3v) is 0.977. The fourth-order valence-electron chi connectivity index (χ4n) is 0.414. The van der Waals surface area contributed by atoms with Crippen LogP contribution < -0.4 is 5.32 Å². The lowest BCUT2D eigenvalue weighted by atomic mass is 10.3. The van der Waals surface area contributed by atoms with Crippen molar-refractivity contribution >= 4 is 12.4 Å². The standard InChI is InChI=1S/C5H9NO4/c1-6-4(5(8)9)2-10-3-7/h3-4,6H,2H2,1H3,(H,8,9). The smallest absolute Gasteiger partial charge is 0.324 e. The highest BCUT2D eigenvalue weighted by molar-refractivity contribution is 5.73. The summed E-state index contributed by atoms with van der Waals surface area (Å²) >= 11 is 0. The Labute approximate surface area is 58.0 Å². The van der Waals surface area contributed by atoms with Crippen molar-refractivity contribution in [1.82, 2.24) is 5.32 Å². The summed E-state index contributed by atoms with van der Waals surface area (Å²) in [6.07, 6.45) is 0. The van der Waals surface area contributed by atoms with Crippen LogP contribution in [0.15, 0.2) is 0 Å². The largest absolute Gasteiger partial charge is 0.480 e. The normalized spacial score (nSPS) is 12.1. The zero-order valence-corrected chi connectivity index (χ0v) is 5.53. The second-order valence-corrected chi connectivity index (χ2v) is 1.61. The van der Waals surface area contributed by atoms with E-state index in [4.69, 9.17) is 5.11 Å². The summed E-state index contributed by atoms with van der Waals surface area (Å²) < 4.78 is 4.22. The van der Waals surface area contributed by atoms with Crippen LogP contribution in [0.25, 0.3) is 0 Å². The minimum Gasteiger partial charge on any atom is -0.480 e. The molecule has 0 radical (unpaired) electrons. The molecule has 0 saturated carbocycles. The van der Waals surface area contributed by atoms with Crippen LogP contribution in [0.1, 0.15) is 0 Å². The Kier molecular flexibility index (Phi) is 4.23. The summed E-state index contributed by atoms with van der Waals surface area (Å²) in [6, 6.07) is -0.815. The van der Waals surface area contributed by atoms with Crippen LogP contribution in [0.5, 0.6) is 0 Å². The summed E-state index contributed by atoms with van der Waals surface area (Å²) in [7, 11) is 1.48. The summed E-state index contributed by atoms with van der Waals surface area (Å²) in [5, 5.41) is 10.8. The van der Waals surface area contributed by atoms with Gasteiger partial charge in [0.2, 0.25) is 0 Å². The summed E-state index contributed by atoms with van der Waals surface area (Å²) in [5.41, 5.74) is 0. The topological polar surface area (TPSA) is 75.6 Å². The zero-order valence-electron chi connectivity index (χ0n) is 5.53. The average Bonchev–Trinajstić information content (AvgIpc) is 1.89. The Hall–Kier alpha value is -1.10. The molecule has 10 heavy (non-hydrogen) atoms. The number of carboxylic acids is 1. The van der Waals surface area contributed by atoms with E-state index in [0.717, 1.165) is 0 Å². The second kappa shape index (κ2) is 4.75. The average molecular weight is 147 g/mol. The number of hydrogen-bond acceptors (Lipinski definition) is 4. The Bertz CT molecular complexity index is 125. The van der Waals surface area contributed by atoms with Gasteiger partial charge in [0.05, 0.1) is 0 Å². The van der Waals surface area contributed by atoms with Gasteiger partial charge in [-0.15, -0.1) is 0 Å². The highest BCUT2D eigenvalue weighted by Gasteiger charge is 2.14. The molecule has 1 atom stereocenters. The molecule has 0 aliphatic carbocycles. The van der Waals surface area contributed by atoms with Crippen molar-refractivity contribution in [2.45, 2.75) is 6.04 Å². The summed E-state index contributed by atoms with van der Waals surface area (Å²) in [4.78, 5) is 19.8. The van der Waals surface area contributed by atoms with E-state index in [1.807, 2.05) is 0 Å². The highest BCUT2D eigenvalue weighted by Crippen LogP contribution is 1.82. The van der Waals surface area contributed by atoms with Gasteiger partial charge in [-0.1, -0.05) is 0 Å². The molecule has 0 aromatic heterocycles. The van der Waals surface area contributed by atoms with Crippen LogP contribution in [0.3, 0.4) is 0 Å². The highest BCUT2D eigenvalue weighted by atomic mass is 16.5. The summed E-state index contributed by atoms with van der Waals surface area (Å²) in [6.45, 7) is 0.0720. The molecule has 5 nitrogen and oxygen atoms in total.